The highest BCUT2D eigenvalue weighted by Gasteiger charge is 2.31. The third-order valence-corrected chi connectivity index (χ3v) is 6.12. The summed E-state index contributed by atoms with van der Waals surface area (Å²) < 4.78 is 42.5. The molecule has 35 heavy (non-hydrogen) atoms. The second-order valence-corrected chi connectivity index (χ2v) is 8.70. The Bertz CT molecular complexity index is 1090. The number of amides is 2. The third-order valence-electron chi connectivity index (χ3n) is 6.12. The summed E-state index contributed by atoms with van der Waals surface area (Å²) in [5, 5.41) is 2.62. The molecule has 1 aromatic carbocycles. The molecule has 0 unspecified atom stereocenters. The average Bonchev–Trinajstić information content (AvgIpc) is 3.11. The first-order valence-electron chi connectivity index (χ1n) is 11.8. The van der Waals surface area contributed by atoms with Crippen molar-refractivity contribution in [2.24, 2.45) is 0 Å². The molecule has 0 radical (unpaired) electrons. The van der Waals surface area contributed by atoms with E-state index in [1.165, 1.54) is 24.5 Å². The Kier molecular flexibility index (Phi) is 8.58. The van der Waals surface area contributed by atoms with Crippen LogP contribution in [-0.4, -0.2) is 40.7 Å². The van der Waals surface area contributed by atoms with E-state index in [0.717, 1.165) is 44.2 Å². The molecule has 2 amide bonds. The standard InChI is InChI=1S/C25H30F3N3O4/c1-3-17(2)31-15-20(22(32)21(16-31)24(34)30-12-6-4-5-7-13-30)23(33)29-14-18-8-10-19(11-9-18)35-25(26,27)28/h8-11,15-17H,3-7,12-14H2,1-2H3,(H,29,33)/t17-/m0/s1. The molecule has 1 atom stereocenters. The highest BCUT2D eigenvalue weighted by Crippen LogP contribution is 2.23. The first kappa shape index (κ1) is 26.3. The van der Waals surface area contributed by atoms with Crippen LogP contribution in [0.2, 0.25) is 0 Å². The summed E-state index contributed by atoms with van der Waals surface area (Å²) in [6.45, 7) is 5.03. The lowest BCUT2D eigenvalue weighted by atomic mass is 10.1. The Morgan fingerprint density at radius 2 is 1.63 bits per heavy atom. The lowest BCUT2D eigenvalue weighted by Crippen LogP contribution is -2.38. The zero-order valence-corrected chi connectivity index (χ0v) is 19.9. The molecule has 1 fully saturated rings. The minimum Gasteiger partial charge on any atom is -0.406 e. The van der Waals surface area contributed by atoms with Crippen molar-refractivity contribution in [3.05, 3.63) is 63.6 Å². The number of aromatic nitrogens is 1. The minimum absolute atomic E-state index is 0.0157. The van der Waals surface area contributed by atoms with Crippen LogP contribution in [0.3, 0.4) is 0 Å². The number of rotatable bonds is 7. The number of nitrogens with zero attached hydrogens (tertiary/aromatic N) is 2. The van der Waals surface area contributed by atoms with E-state index in [9.17, 15) is 27.6 Å². The largest absolute Gasteiger partial charge is 0.573 e. The van der Waals surface area contributed by atoms with Gasteiger partial charge in [0.05, 0.1) is 0 Å². The predicted molar refractivity (Wildman–Crippen MR) is 124 cm³/mol. The van der Waals surface area contributed by atoms with Gasteiger partial charge in [-0.25, -0.2) is 0 Å². The average molecular weight is 494 g/mol. The smallest absolute Gasteiger partial charge is 0.406 e. The van der Waals surface area contributed by atoms with E-state index in [0.29, 0.717) is 18.7 Å². The van der Waals surface area contributed by atoms with Crippen molar-refractivity contribution >= 4 is 11.8 Å². The van der Waals surface area contributed by atoms with Crippen molar-refractivity contribution in [3.63, 3.8) is 0 Å². The minimum atomic E-state index is -4.79. The van der Waals surface area contributed by atoms with Crippen molar-refractivity contribution in [1.29, 1.82) is 0 Å². The van der Waals surface area contributed by atoms with Gasteiger partial charge in [-0.3, -0.25) is 14.4 Å². The van der Waals surface area contributed by atoms with Gasteiger partial charge in [0, 0.05) is 38.1 Å². The molecule has 1 aliphatic rings. The summed E-state index contributed by atoms with van der Waals surface area (Å²) in [5.41, 5.74) is -0.298. The number of alkyl halides is 3. The molecule has 0 saturated carbocycles. The maximum absolute atomic E-state index is 13.2. The van der Waals surface area contributed by atoms with Gasteiger partial charge >= 0.3 is 6.36 Å². The SMILES string of the molecule is CC[C@H](C)n1cc(C(=O)NCc2ccc(OC(F)(F)F)cc2)c(=O)c(C(=O)N2CCCCCC2)c1. The van der Waals surface area contributed by atoms with Gasteiger partial charge in [-0.2, -0.15) is 0 Å². The molecule has 1 aromatic heterocycles. The van der Waals surface area contributed by atoms with Crippen LogP contribution in [0.4, 0.5) is 13.2 Å². The van der Waals surface area contributed by atoms with Crippen molar-refractivity contribution in [1.82, 2.24) is 14.8 Å². The van der Waals surface area contributed by atoms with E-state index in [2.05, 4.69) is 10.1 Å². The van der Waals surface area contributed by atoms with Gasteiger partial charge in [-0.05, 0) is 43.9 Å². The molecule has 190 valence electrons. The monoisotopic (exact) mass is 493 g/mol. The molecule has 1 aliphatic heterocycles. The Balaban J connectivity index is 1.81. The van der Waals surface area contributed by atoms with Crippen LogP contribution >= 0.6 is 0 Å². The summed E-state index contributed by atoms with van der Waals surface area (Å²) in [6.07, 6.45) is 2.73. The van der Waals surface area contributed by atoms with Gasteiger partial charge < -0.3 is 19.5 Å². The predicted octanol–water partition coefficient (Wildman–Crippen LogP) is 4.66. The zero-order valence-electron chi connectivity index (χ0n) is 19.9. The zero-order chi connectivity index (χ0) is 25.6. The molecule has 3 rings (SSSR count). The molecule has 2 aromatic rings. The molecule has 1 N–H and O–H groups in total. The topological polar surface area (TPSA) is 80.6 Å². The fourth-order valence-electron chi connectivity index (χ4n) is 3.91. The Morgan fingerprint density at radius 3 is 2.20 bits per heavy atom. The number of carbonyl (C=O) groups is 2. The van der Waals surface area contributed by atoms with Gasteiger partial charge in [-0.1, -0.05) is 31.9 Å². The van der Waals surface area contributed by atoms with Crippen LogP contribution in [0.5, 0.6) is 5.75 Å². The molecular weight excluding hydrogens is 463 g/mol. The van der Waals surface area contributed by atoms with E-state index in [-0.39, 0.29) is 35.4 Å². The molecule has 10 heteroatoms. The summed E-state index contributed by atoms with van der Waals surface area (Å²) in [7, 11) is 0. The van der Waals surface area contributed by atoms with Gasteiger partial charge in [0.2, 0.25) is 5.43 Å². The lowest BCUT2D eigenvalue weighted by molar-refractivity contribution is -0.274. The molecule has 0 aliphatic carbocycles. The second kappa shape index (κ2) is 11.4. The van der Waals surface area contributed by atoms with Crippen molar-refractivity contribution in [3.8, 4) is 5.75 Å². The fourth-order valence-corrected chi connectivity index (χ4v) is 3.91. The third kappa shape index (κ3) is 7.10. The highest BCUT2D eigenvalue weighted by molar-refractivity contribution is 5.99. The van der Waals surface area contributed by atoms with E-state index < -0.39 is 17.7 Å². The van der Waals surface area contributed by atoms with E-state index in [4.69, 9.17) is 0 Å². The number of carbonyl (C=O) groups excluding carboxylic acids is 2. The highest BCUT2D eigenvalue weighted by atomic mass is 19.4. The number of nitrogens with one attached hydrogen (secondary N) is 1. The molecule has 0 bridgehead atoms. The van der Waals surface area contributed by atoms with Gasteiger partial charge in [0.15, 0.2) is 0 Å². The molecule has 1 saturated heterocycles. The Hall–Kier alpha value is -3.30. The summed E-state index contributed by atoms with van der Waals surface area (Å²) in [6, 6.07) is 5.02. The number of benzene rings is 1. The number of likely N-dealkylation sites (tertiary alicyclic amines) is 1. The van der Waals surface area contributed by atoms with Crippen molar-refractivity contribution in [2.75, 3.05) is 13.1 Å². The molecule has 2 heterocycles. The van der Waals surface area contributed by atoms with Crippen LogP contribution in [0.25, 0.3) is 0 Å². The normalized spacial score (nSPS) is 15.3. The van der Waals surface area contributed by atoms with Crippen molar-refractivity contribution < 1.29 is 27.5 Å². The number of pyridine rings is 1. The molecular formula is C25H30F3N3O4. The Labute approximate surface area is 201 Å². The summed E-state index contributed by atoms with van der Waals surface area (Å²) >= 11 is 0. The lowest BCUT2D eigenvalue weighted by Gasteiger charge is -2.22. The van der Waals surface area contributed by atoms with Crippen LogP contribution in [0.15, 0.2) is 41.5 Å². The summed E-state index contributed by atoms with van der Waals surface area (Å²) in [5.74, 6) is -1.40. The van der Waals surface area contributed by atoms with Crippen LogP contribution in [-0.2, 0) is 6.54 Å². The maximum Gasteiger partial charge on any atom is 0.573 e. The summed E-state index contributed by atoms with van der Waals surface area (Å²) in [4.78, 5) is 41.0. The quantitative estimate of drug-likeness (QED) is 0.608. The molecule has 7 nitrogen and oxygen atoms in total. The number of halogens is 3. The van der Waals surface area contributed by atoms with E-state index in [1.807, 2.05) is 13.8 Å². The van der Waals surface area contributed by atoms with E-state index in [1.54, 1.807) is 9.47 Å². The van der Waals surface area contributed by atoms with Gasteiger partial charge in [-0.15, -0.1) is 13.2 Å². The van der Waals surface area contributed by atoms with Gasteiger partial charge in [0.25, 0.3) is 11.8 Å². The number of ether oxygens (including phenoxy) is 1. The van der Waals surface area contributed by atoms with Crippen LogP contribution in [0.1, 0.15) is 78.3 Å². The number of hydrogen-bond acceptors (Lipinski definition) is 4. The number of hydrogen-bond donors (Lipinski definition) is 1. The first-order chi connectivity index (χ1) is 16.6. The first-order valence-corrected chi connectivity index (χ1v) is 11.8. The van der Waals surface area contributed by atoms with Crippen LogP contribution < -0.4 is 15.5 Å². The Morgan fingerprint density at radius 1 is 1.03 bits per heavy atom. The van der Waals surface area contributed by atoms with E-state index >= 15 is 0 Å². The van der Waals surface area contributed by atoms with Crippen LogP contribution in [0, 0.1) is 0 Å². The maximum atomic E-state index is 13.2. The van der Waals surface area contributed by atoms with Crippen molar-refractivity contribution in [2.45, 2.75) is 64.9 Å². The van der Waals surface area contributed by atoms with Gasteiger partial charge in [0.1, 0.15) is 16.9 Å². The molecule has 0 spiro atoms. The fraction of sp³-hybridized carbons (Fsp3) is 0.480. The second-order valence-electron chi connectivity index (χ2n) is 8.70.